The molecule has 0 N–H and O–H groups in total. The Labute approximate surface area is 92.7 Å². The van der Waals surface area contributed by atoms with E-state index < -0.39 is 6.17 Å². The van der Waals surface area contributed by atoms with Crippen LogP contribution in [0.3, 0.4) is 0 Å². The Kier molecular flexibility index (Phi) is 2.23. The van der Waals surface area contributed by atoms with Gasteiger partial charge in [-0.2, -0.15) is 9.61 Å². The number of nitrogens with zero attached hydrogens (tertiary/aromatic N) is 4. The molecular formula is C11H13FN4. The summed E-state index contributed by atoms with van der Waals surface area (Å²) in [6.45, 7) is 1.35. The predicted molar refractivity (Wildman–Crippen MR) is 59.3 cm³/mol. The normalized spacial score (nSPS) is 21.6. The summed E-state index contributed by atoms with van der Waals surface area (Å²) in [5.74, 6) is 0.928. The first-order chi connectivity index (χ1) is 7.84. The molecule has 3 rings (SSSR count). The van der Waals surface area contributed by atoms with Crippen LogP contribution in [0.4, 0.5) is 10.2 Å². The first-order valence-corrected chi connectivity index (χ1v) is 5.52. The van der Waals surface area contributed by atoms with Gasteiger partial charge in [-0.15, -0.1) is 0 Å². The lowest BCUT2D eigenvalue weighted by Gasteiger charge is -2.30. The van der Waals surface area contributed by atoms with Crippen LogP contribution in [0, 0.1) is 0 Å². The average Bonchev–Trinajstić information content (AvgIpc) is 2.76. The van der Waals surface area contributed by atoms with Gasteiger partial charge in [0.25, 0.3) is 0 Å². The average molecular weight is 220 g/mol. The highest BCUT2D eigenvalue weighted by molar-refractivity contribution is 5.49. The summed E-state index contributed by atoms with van der Waals surface area (Å²) in [4.78, 5) is 6.23. The van der Waals surface area contributed by atoms with Crippen molar-refractivity contribution >= 4 is 11.5 Å². The van der Waals surface area contributed by atoms with E-state index in [-0.39, 0.29) is 0 Å². The highest BCUT2D eigenvalue weighted by atomic mass is 19.1. The van der Waals surface area contributed by atoms with Gasteiger partial charge >= 0.3 is 0 Å². The molecular weight excluding hydrogens is 207 g/mol. The van der Waals surface area contributed by atoms with Gasteiger partial charge in [0.1, 0.15) is 12.0 Å². The minimum absolute atomic E-state index is 0.457. The van der Waals surface area contributed by atoms with Gasteiger partial charge in [0, 0.05) is 18.8 Å². The number of piperidine rings is 1. The van der Waals surface area contributed by atoms with Crippen LogP contribution in [0.1, 0.15) is 12.8 Å². The fraction of sp³-hybridized carbons (Fsp3) is 0.455. The molecule has 84 valence electrons. The number of anilines is 1. The van der Waals surface area contributed by atoms with Crippen molar-refractivity contribution in [1.29, 1.82) is 0 Å². The Morgan fingerprint density at radius 2 is 2.25 bits per heavy atom. The summed E-state index contributed by atoms with van der Waals surface area (Å²) in [6, 6.07) is 3.73. The molecule has 1 aliphatic heterocycles. The lowest BCUT2D eigenvalue weighted by Crippen LogP contribution is -2.37. The van der Waals surface area contributed by atoms with Gasteiger partial charge in [0.2, 0.25) is 0 Å². The number of fused-ring (bicyclic) bond motifs is 1. The molecule has 0 spiro atoms. The molecule has 1 aliphatic rings. The Morgan fingerprint density at radius 1 is 1.31 bits per heavy atom. The molecule has 0 unspecified atom stereocenters. The summed E-state index contributed by atoms with van der Waals surface area (Å²) in [5.41, 5.74) is 0.804. The van der Waals surface area contributed by atoms with Gasteiger partial charge in [-0.25, -0.2) is 9.37 Å². The van der Waals surface area contributed by atoms with Crippen LogP contribution in [0.15, 0.2) is 24.5 Å². The number of hydrogen-bond donors (Lipinski definition) is 0. The van der Waals surface area contributed by atoms with E-state index in [2.05, 4.69) is 10.1 Å². The molecule has 16 heavy (non-hydrogen) atoms. The zero-order valence-electron chi connectivity index (χ0n) is 8.88. The third-order valence-corrected chi connectivity index (χ3v) is 2.96. The fourth-order valence-corrected chi connectivity index (χ4v) is 2.19. The molecule has 0 radical (unpaired) electrons. The van der Waals surface area contributed by atoms with Gasteiger partial charge in [0.05, 0.1) is 12.7 Å². The highest BCUT2D eigenvalue weighted by Gasteiger charge is 2.21. The van der Waals surface area contributed by atoms with E-state index in [9.17, 15) is 4.39 Å². The molecule has 4 nitrogen and oxygen atoms in total. The van der Waals surface area contributed by atoms with Gasteiger partial charge in [-0.05, 0) is 18.9 Å². The summed E-state index contributed by atoms with van der Waals surface area (Å²) < 4.78 is 15.1. The third-order valence-electron chi connectivity index (χ3n) is 2.96. The SMILES string of the molecule is F[C@@H]1CCCN(c2ccnc3ccnn23)C1. The van der Waals surface area contributed by atoms with Crippen LogP contribution in [0.5, 0.6) is 0 Å². The van der Waals surface area contributed by atoms with Crippen molar-refractivity contribution in [2.24, 2.45) is 0 Å². The highest BCUT2D eigenvalue weighted by Crippen LogP contribution is 2.21. The van der Waals surface area contributed by atoms with Crippen molar-refractivity contribution in [1.82, 2.24) is 14.6 Å². The maximum absolute atomic E-state index is 13.4. The molecule has 0 saturated carbocycles. The molecule has 1 fully saturated rings. The third kappa shape index (κ3) is 1.52. The number of hydrogen-bond acceptors (Lipinski definition) is 3. The predicted octanol–water partition coefficient (Wildman–Crippen LogP) is 1.67. The summed E-state index contributed by atoms with van der Waals surface area (Å²) >= 11 is 0. The van der Waals surface area contributed by atoms with E-state index in [1.165, 1.54) is 0 Å². The topological polar surface area (TPSA) is 33.4 Å². The molecule has 5 heteroatoms. The summed E-state index contributed by atoms with van der Waals surface area (Å²) in [6.07, 6.45) is 4.29. The van der Waals surface area contributed by atoms with Crippen molar-refractivity contribution in [2.75, 3.05) is 18.0 Å². The molecule has 0 aromatic carbocycles. The molecule has 2 aromatic heterocycles. The summed E-state index contributed by atoms with van der Waals surface area (Å²) in [7, 11) is 0. The minimum Gasteiger partial charge on any atom is -0.354 e. The van der Waals surface area contributed by atoms with Gasteiger partial charge in [-0.1, -0.05) is 0 Å². The quantitative estimate of drug-likeness (QED) is 0.733. The van der Waals surface area contributed by atoms with E-state index in [1.54, 1.807) is 16.9 Å². The van der Waals surface area contributed by atoms with Crippen LogP contribution >= 0.6 is 0 Å². The molecule has 0 bridgehead atoms. The van der Waals surface area contributed by atoms with E-state index >= 15 is 0 Å². The zero-order valence-corrected chi connectivity index (χ0v) is 8.88. The van der Waals surface area contributed by atoms with Crippen molar-refractivity contribution in [2.45, 2.75) is 19.0 Å². The van der Waals surface area contributed by atoms with E-state index in [0.717, 1.165) is 24.4 Å². The standard InChI is InChI=1S/C11H13FN4/c12-9-2-1-7-15(8-9)11-4-5-13-10-3-6-14-16(10)11/h3-6,9H,1-2,7-8H2/t9-/m1/s1. The lowest BCUT2D eigenvalue weighted by atomic mass is 10.1. The number of aromatic nitrogens is 3. The first-order valence-electron chi connectivity index (χ1n) is 5.52. The lowest BCUT2D eigenvalue weighted by molar-refractivity contribution is 0.285. The Bertz CT molecular complexity index is 495. The Balaban J connectivity index is 2.01. The number of rotatable bonds is 1. The van der Waals surface area contributed by atoms with E-state index in [0.29, 0.717) is 13.0 Å². The smallest absolute Gasteiger partial charge is 0.157 e. The first kappa shape index (κ1) is 9.57. The zero-order chi connectivity index (χ0) is 11.0. The minimum atomic E-state index is -0.729. The molecule has 0 amide bonds. The Morgan fingerprint density at radius 3 is 3.12 bits per heavy atom. The van der Waals surface area contributed by atoms with Crippen LogP contribution in [0.2, 0.25) is 0 Å². The van der Waals surface area contributed by atoms with Crippen molar-refractivity contribution in [3.05, 3.63) is 24.5 Å². The van der Waals surface area contributed by atoms with E-state index in [4.69, 9.17) is 0 Å². The van der Waals surface area contributed by atoms with Crippen LogP contribution in [0.25, 0.3) is 5.65 Å². The molecule has 3 heterocycles. The summed E-state index contributed by atoms with van der Waals surface area (Å²) in [5, 5.41) is 4.21. The maximum Gasteiger partial charge on any atom is 0.157 e. The molecule has 2 aromatic rings. The Hall–Kier alpha value is -1.65. The van der Waals surface area contributed by atoms with Crippen LogP contribution in [-0.4, -0.2) is 33.9 Å². The largest absolute Gasteiger partial charge is 0.354 e. The van der Waals surface area contributed by atoms with Gasteiger partial charge in [0.15, 0.2) is 5.65 Å². The second-order valence-electron chi connectivity index (χ2n) is 4.09. The van der Waals surface area contributed by atoms with Crippen LogP contribution < -0.4 is 4.90 Å². The molecule has 0 aliphatic carbocycles. The van der Waals surface area contributed by atoms with Crippen molar-refractivity contribution in [3.8, 4) is 0 Å². The molecule has 1 saturated heterocycles. The second-order valence-corrected chi connectivity index (χ2v) is 4.09. The van der Waals surface area contributed by atoms with Gasteiger partial charge < -0.3 is 4.90 Å². The second kappa shape index (κ2) is 3.73. The number of alkyl halides is 1. The van der Waals surface area contributed by atoms with Crippen molar-refractivity contribution in [3.63, 3.8) is 0 Å². The van der Waals surface area contributed by atoms with Crippen LogP contribution in [-0.2, 0) is 0 Å². The van der Waals surface area contributed by atoms with E-state index in [1.807, 2.05) is 17.0 Å². The van der Waals surface area contributed by atoms with Gasteiger partial charge in [-0.3, -0.25) is 0 Å². The fourth-order valence-electron chi connectivity index (χ4n) is 2.19. The maximum atomic E-state index is 13.4. The van der Waals surface area contributed by atoms with Crippen molar-refractivity contribution < 1.29 is 4.39 Å². The molecule has 1 atom stereocenters. The monoisotopic (exact) mass is 220 g/mol. The number of halogens is 1.